The normalized spacial score (nSPS) is 10.8. The van der Waals surface area contributed by atoms with E-state index in [4.69, 9.17) is 4.74 Å². The van der Waals surface area contributed by atoms with Gasteiger partial charge in [0.1, 0.15) is 11.5 Å². The van der Waals surface area contributed by atoms with Crippen LogP contribution in [0.2, 0.25) is 0 Å². The maximum absolute atomic E-state index is 12.2. The minimum absolute atomic E-state index is 0.000725. The summed E-state index contributed by atoms with van der Waals surface area (Å²) in [4.78, 5) is 19.4. The molecule has 0 aliphatic heterocycles. The SMILES string of the molecule is COc1ccc(C=NNC(=O)c2cnc(-c3ccccc3C)[nH]2)cc1O. The minimum atomic E-state index is -0.411. The largest absolute Gasteiger partial charge is 0.504 e. The van der Waals surface area contributed by atoms with E-state index in [0.717, 1.165) is 11.1 Å². The van der Waals surface area contributed by atoms with E-state index in [9.17, 15) is 9.90 Å². The van der Waals surface area contributed by atoms with Crippen LogP contribution in [0.25, 0.3) is 11.4 Å². The van der Waals surface area contributed by atoms with Gasteiger partial charge >= 0.3 is 0 Å². The van der Waals surface area contributed by atoms with E-state index >= 15 is 0 Å². The highest BCUT2D eigenvalue weighted by molar-refractivity contribution is 5.93. The number of aryl methyl sites for hydroxylation is 1. The van der Waals surface area contributed by atoms with E-state index in [0.29, 0.717) is 22.8 Å². The molecule has 0 bridgehead atoms. The fourth-order valence-corrected chi connectivity index (χ4v) is 2.43. The number of hydrogen-bond acceptors (Lipinski definition) is 5. The second kappa shape index (κ2) is 7.52. The number of aromatic nitrogens is 2. The van der Waals surface area contributed by atoms with Gasteiger partial charge in [-0.05, 0) is 36.2 Å². The number of carbonyl (C=O) groups is 1. The van der Waals surface area contributed by atoms with Crippen LogP contribution in [0.15, 0.2) is 53.8 Å². The van der Waals surface area contributed by atoms with Crippen molar-refractivity contribution in [2.45, 2.75) is 6.92 Å². The van der Waals surface area contributed by atoms with Gasteiger partial charge < -0.3 is 14.8 Å². The fraction of sp³-hybridized carbons (Fsp3) is 0.105. The minimum Gasteiger partial charge on any atom is -0.504 e. The van der Waals surface area contributed by atoms with Gasteiger partial charge in [-0.25, -0.2) is 10.4 Å². The first-order valence-electron chi connectivity index (χ1n) is 7.90. The highest BCUT2D eigenvalue weighted by Crippen LogP contribution is 2.25. The summed E-state index contributed by atoms with van der Waals surface area (Å²) in [5, 5.41) is 13.6. The molecular formula is C19H18N4O3. The van der Waals surface area contributed by atoms with Gasteiger partial charge in [-0.2, -0.15) is 5.10 Å². The van der Waals surface area contributed by atoms with Gasteiger partial charge in [0.2, 0.25) is 0 Å². The molecule has 0 radical (unpaired) electrons. The van der Waals surface area contributed by atoms with E-state index in [-0.39, 0.29) is 5.75 Å². The first-order valence-corrected chi connectivity index (χ1v) is 7.90. The van der Waals surface area contributed by atoms with Crippen LogP contribution in [0, 0.1) is 6.92 Å². The molecule has 132 valence electrons. The Balaban J connectivity index is 1.67. The fourth-order valence-electron chi connectivity index (χ4n) is 2.43. The number of rotatable bonds is 5. The number of amides is 1. The Morgan fingerprint density at radius 3 is 2.85 bits per heavy atom. The summed E-state index contributed by atoms with van der Waals surface area (Å²) in [6.07, 6.45) is 2.89. The molecular weight excluding hydrogens is 332 g/mol. The highest BCUT2D eigenvalue weighted by atomic mass is 16.5. The molecule has 0 spiro atoms. The summed E-state index contributed by atoms with van der Waals surface area (Å²) in [7, 11) is 1.47. The van der Waals surface area contributed by atoms with Crippen molar-refractivity contribution in [2.75, 3.05) is 7.11 Å². The number of ether oxygens (including phenoxy) is 1. The third kappa shape index (κ3) is 3.72. The van der Waals surface area contributed by atoms with Gasteiger partial charge in [-0.1, -0.05) is 24.3 Å². The number of hydrazone groups is 1. The number of phenols is 1. The second-order valence-electron chi connectivity index (χ2n) is 5.59. The van der Waals surface area contributed by atoms with Gasteiger partial charge in [0.15, 0.2) is 11.5 Å². The van der Waals surface area contributed by atoms with Crippen molar-refractivity contribution in [2.24, 2.45) is 5.10 Å². The lowest BCUT2D eigenvalue weighted by molar-refractivity contribution is 0.0950. The van der Waals surface area contributed by atoms with Crippen LogP contribution in [0.5, 0.6) is 11.5 Å². The van der Waals surface area contributed by atoms with Gasteiger partial charge in [-0.3, -0.25) is 4.79 Å². The molecule has 0 aliphatic carbocycles. The van der Waals surface area contributed by atoms with Gasteiger partial charge in [0, 0.05) is 5.56 Å². The molecule has 3 aromatic rings. The lowest BCUT2D eigenvalue weighted by Gasteiger charge is -2.03. The van der Waals surface area contributed by atoms with Crippen molar-refractivity contribution in [1.29, 1.82) is 0 Å². The molecule has 2 aromatic carbocycles. The molecule has 1 amide bonds. The van der Waals surface area contributed by atoms with Gasteiger partial charge in [0.25, 0.3) is 5.91 Å². The van der Waals surface area contributed by atoms with Crippen LogP contribution in [0.3, 0.4) is 0 Å². The highest BCUT2D eigenvalue weighted by Gasteiger charge is 2.11. The Morgan fingerprint density at radius 2 is 2.12 bits per heavy atom. The maximum Gasteiger partial charge on any atom is 0.289 e. The molecule has 3 N–H and O–H groups in total. The third-order valence-corrected chi connectivity index (χ3v) is 3.80. The number of aromatic amines is 1. The van der Waals surface area contributed by atoms with Gasteiger partial charge in [-0.15, -0.1) is 0 Å². The number of imidazole rings is 1. The van der Waals surface area contributed by atoms with E-state index in [2.05, 4.69) is 20.5 Å². The van der Waals surface area contributed by atoms with Gasteiger partial charge in [0.05, 0.1) is 19.5 Å². The standard InChI is InChI=1S/C19H18N4O3/c1-12-5-3-4-6-14(12)18-20-11-15(22-18)19(25)23-21-10-13-7-8-17(26-2)16(24)9-13/h3-11,24H,1-2H3,(H,20,22)(H,23,25). The van der Waals surface area contributed by atoms with Crippen molar-refractivity contribution in [3.63, 3.8) is 0 Å². The average molecular weight is 350 g/mol. The third-order valence-electron chi connectivity index (χ3n) is 3.80. The van der Waals surface area contributed by atoms with Crippen LogP contribution < -0.4 is 10.2 Å². The monoisotopic (exact) mass is 350 g/mol. The smallest absolute Gasteiger partial charge is 0.289 e. The number of nitrogens with one attached hydrogen (secondary N) is 2. The summed E-state index contributed by atoms with van der Waals surface area (Å²) in [6, 6.07) is 12.6. The van der Waals surface area contributed by atoms with Crippen LogP contribution in [0.1, 0.15) is 21.6 Å². The van der Waals surface area contributed by atoms with Crippen LogP contribution in [0.4, 0.5) is 0 Å². The second-order valence-corrected chi connectivity index (χ2v) is 5.59. The Hall–Kier alpha value is -3.61. The van der Waals surface area contributed by atoms with E-state index in [1.54, 1.807) is 12.1 Å². The van der Waals surface area contributed by atoms with E-state index in [1.165, 1.54) is 25.6 Å². The molecule has 0 unspecified atom stereocenters. The molecule has 0 saturated heterocycles. The van der Waals surface area contributed by atoms with Crippen molar-refractivity contribution in [3.05, 3.63) is 65.5 Å². The quantitative estimate of drug-likeness (QED) is 0.487. The Kier molecular flexibility index (Phi) is 4.98. The summed E-state index contributed by atoms with van der Waals surface area (Å²) >= 11 is 0. The maximum atomic E-state index is 12.2. The number of carbonyl (C=O) groups excluding carboxylic acids is 1. The number of benzene rings is 2. The molecule has 3 rings (SSSR count). The molecule has 1 aromatic heterocycles. The molecule has 0 fully saturated rings. The lowest BCUT2D eigenvalue weighted by Crippen LogP contribution is -2.18. The predicted octanol–water partition coefficient (Wildman–Crippen LogP) is 2.86. The first-order chi connectivity index (χ1) is 12.6. The molecule has 0 saturated carbocycles. The number of H-pyrrole nitrogens is 1. The zero-order valence-corrected chi connectivity index (χ0v) is 14.4. The van der Waals surface area contributed by atoms with Crippen molar-refractivity contribution >= 4 is 12.1 Å². The Morgan fingerprint density at radius 1 is 1.31 bits per heavy atom. The topological polar surface area (TPSA) is 99.6 Å². The first kappa shape index (κ1) is 17.2. The summed E-state index contributed by atoms with van der Waals surface area (Å²) < 4.78 is 4.97. The van der Waals surface area contributed by atoms with E-state index in [1.807, 2.05) is 31.2 Å². The van der Waals surface area contributed by atoms with Crippen molar-refractivity contribution in [3.8, 4) is 22.9 Å². The predicted molar refractivity (Wildman–Crippen MR) is 98.5 cm³/mol. The Bertz CT molecular complexity index is 963. The Labute approximate surface area is 150 Å². The summed E-state index contributed by atoms with van der Waals surface area (Å²) in [5.41, 5.74) is 5.34. The van der Waals surface area contributed by atoms with Crippen LogP contribution in [-0.2, 0) is 0 Å². The number of methoxy groups -OCH3 is 1. The number of nitrogens with zero attached hydrogens (tertiary/aromatic N) is 2. The molecule has 7 heteroatoms. The molecule has 0 atom stereocenters. The van der Waals surface area contributed by atoms with Crippen LogP contribution >= 0.6 is 0 Å². The van der Waals surface area contributed by atoms with E-state index < -0.39 is 5.91 Å². The molecule has 26 heavy (non-hydrogen) atoms. The lowest BCUT2D eigenvalue weighted by atomic mass is 10.1. The molecule has 0 aliphatic rings. The molecule has 1 heterocycles. The summed E-state index contributed by atoms with van der Waals surface area (Å²) in [6.45, 7) is 1.98. The number of aromatic hydroxyl groups is 1. The van der Waals surface area contributed by atoms with Crippen molar-refractivity contribution < 1.29 is 14.6 Å². The zero-order valence-electron chi connectivity index (χ0n) is 14.4. The van der Waals surface area contributed by atoms with Crippen molar-refractivity contribution in [1.82, 2.24) is 15.4 Å². The average Bonchev–Trinajstić information content (AvgIpc) is 3.12. The van der Waals surface area contributed by atoms with Crippen LogP contribution in [-0.4, -0.2) is 34.3 Å². The molecule has 7 nitrogen and oxygen atoms in total. The number of hydrogen-bond donors (Lipinski definition) is 3. The summed E-state index contributed by atoms with van der Waals surface area (Å²) in [5.74, 6) is 0.579. The zero-order chi connectivity index (χ0) is 18.5. The number of phenolic OH excluding ortho intramolecular Hbond substituents is 1.